The van der Waals surface area contributed by atoms with Gasteiger partial charge in [0.2, 0.25) is 0 Å². The molecule has 4 rings (SSSR count). The van der Waals surface area contributed by atoms with Gasteiger partial charge in [0.15, 0.2) is 11.5 Å². The molecule has 4 aromatic rings. The molecule has 0 atom stereocenters. The van der Waals surface area contributed by atoms with Gasteiger partial charge in [-0.1, -0.05) is 24.3 Å². The van der Waals surface area contributed by atoms with Crippen molar-refractivity contribution in [1.29, 1.82) is 0 Å². The number of methoxy groups -OCH3 is 1. The summed E-state index contributed by atoms with van der Waals surface area (Å²) >= 11 is 0. The third kappa shape index (κ3) is 5.22. The third-order valence-electron chi connectivity index (χ3n) is 5.74. The largest absolute Gasteiger partial charge is 0.493 e. The monoisotopic (exact) mass is 488 g/mol. The van der Waals surface area contributed by atoms with E-state index in [1.807, 2.05) is 44.2 Å². The number of aryl methyl sites for hydroxylation is 2. The molecule has 0 bridgehead atoms. The van der Waals surface area contributed by atoms with E-state index in [9.17, 15) is 9.59 Å². The van der Waals surface area contributed by atoms with Crippen LogP contribution in [0.2, 0.25) is 0 Å². The van der Waals surface area contributed by atoms with E-state index in [1.165, 1.54) is 10.9 Å². The molecule has 36 heavy (non-hydrogen) atoms. The summed E-state index contributed by atoms with van der Waals surface area (Å²) in [5, 5.41) is 14.1. The molecule has 2 N–H and O–H groups in total. The van der Waals surface area contributed by atoms with Crippen molar-refractivity contribution in [3.63, 3.8) is 0 Å². The standard InChI is InChI=1S/C26H28N6O4/c1-5-32-24(26(34)29-20-14-27-31(3)17(20)2)21(15-28-32)30-25(33)19-10-8-9-18(13-19)16-36-23-12-7-6-11-22(23)35-4/h6-15H,5,16H2,1-4H3,(H,29,34)(H,30,33). The normalized spacial score (nSPS) is 10.7. The summed E-state index contributed by atoms with van der Waals surface area (Å²) in [7, 11) is 3.38. The topological polar surface area (TPSA) is 112 Å². The lowest BCUT2D eigenvalue weighted by Gasteiger charge is -2.12. The summed E-state index contributed by atoms with van der Waals surface area (Å²) in [5.41, 5.74) is 3.20. The van der Waals surface area contributed by atoms with Gasteiger partial charge in [0.05, 0.1) is 36.6 Å². The average molecular weight is 489 g/mol. The van der Waals surface area contributed by atoms with Crippen molar-refractivity contribution in [2.24, 2.45) is 7.05 Å². The van der Waals surface area contributed by atoms with Crippen LogP contribution in [-0.2, 0) is 20.2 Å². The van der Waals surface area contributed by atoms with E-state index >= 15 is 0 Å². The zero-order chi connectivity index (χ0) is 25.7. The molecule has 0 aliphatic heterocycles. The highest BCUT2D eigenvalue weighted by atomic mass is 16.5. The van der Waals surface area contributed by atoms with Gasteiger partial charge in [0.1, 0.15) is 12.3 Å². The van der Waals surface area contributed by atoms with Crippen LogP contribution in [0.5, 0.6) is 11.5 Å². The number of anilines is 2. The van der Waals surface area contributed by atoms with E-state index in [-0.39, 0.29) is 24.1 Å². The molecule has 2 aromatic heterocycles. The number of hydrogen-bond acceptors (Lipinski definition) is 6. The number of carbonyl (C=O) groups excluding carboxylic acids is 2. The number of nitrogens with zero attached hydrogens (tertiary/aromatic N) is 4. The number of hydrogen-bond donors (Lipinski definition) is 2. The number of ether oxygens (including phenoxy) is 2. The van der Waals surface area contributed by atoms with Gasteiger partial charge in [-0.2, -0.15) is 10.2 Å². The van der Waals surface area contributed by atoms with Crippen LogP contribution in [0.3, 0.4) is 0 Å². The Bertz CT molecular complexity index is 1390. The highest BCUT2D eigenvalue weighted by molar-refractivity contribution is 6.11. The average Bonchev–Trinajstić information content (AvgIpc) is 3.45. The molecule has 2 aromatic carbocycles. The van der Waals surface area contributed by atoms with Crippen molar-refractivity contribution in [3.8, 4) is 11.5 Å². The highest BCUT2D eigenvalue weighted by Crippen LogP contribution is 2.27. The van der Waals surface area contributed by atoms with Gasteiger partial charge in [-0.05, 0) is 43.7 Å². The fourth-order valence-electron chi connectivity index (χ4n) is 3.65. The molecular formula is C26H28N6O4. The second-order valence-electron chi connectivity index (χ2n) is 8.04. The predicted molar refractivity (Wildman–Crippen MR) is 136 cm³/mol. The first-order chi connectivity index (χ1) is 17.4. The summed E-state index contributed by atoms with van der Waals surface area (Å²) in [5.74, 6) is 0.490. The molecule has 0 aliphatic carbocycles. The first-order valence-electron chi connectivity index (χ1n) is 11.4. The molecular weight excluding hydrogens is 460 g/mol. The Morgan fingerprint density at radius 1 is 0.944 bits per heavy atom. The molecule has 2 heterocycles. The van der Waals surface area contributed by atoms with Crippen LogP contribution < -0.4 is 20.1 Å². The van der Waals surface area contributed by atoms with E-state index in [4.69, 9.17) is 9.47 Å². The van der Waals surface area contributed by atoms with E-state index in [1.54, 1.807) is 43.2 Å². The quantitative estimate of drug-likeness (QED) is 0.368. The number of nitrogens with one attached hydrogen (secondary N) is 2. The Hall–Kier alpha value is -4.60. The second-order valence-corrected chi connectivity index (χ2v) is 8.04. The molecule has 0 unspecified atom stereocenters. The van der Waals surface area contributed by atoms with Crippen LogP contribution in [0.25, 0.3) is 0 Å². The zero-order valence-electron chi connectivity index (χ0n) is 20.6. The number of carbonyl (C=O) groups is 2. The van der Waals surface area contributed by atoms with Gasteiger partial charge in [-0.3, -0.25) is 19.0 Å². The van der Waals surface area contributed by atoms with E-state index in [0.717, 1.165) is 11.3 Å². The number of benzene rings is 2. The van der Waals surface area contributed by atoms with Crippen LogP contribution in [0.15, 0.2) is 60.9 Å². The Labute approximate surface area is 208 Å². The molecule has 0 spiro atoms. The maximum absolute atomic E-state index is 13.1. The van der Waals surface area contributed by atoms with Crippen LogP contribution in [0.1, 0.15) is 39.0 Å². The lowest BCUT2D eigenvalue weighted by Crippen LogP contribution is -2.21. The van der Waals surface area contributed by atoms with Crippen molar-refractivity contribution < 1.29 is 19.1 Å². The van der Waals surface area contributed by atoms with Crippen molar-refractivity contribution in [3.05, 3.63) is 83.4 Å². The Morgan fingerprint density at radius 3 is 2.36 bits per heavy atom. The van der Waals surface area contributed by atoms with E-state index < -0.39 is 0 Å². The van der Waals surface area contributed by atoms with Gasteiger partial charge in [-0.15, -0.1) is 0 Å². The van der Waals surface area contributed by atoms with Gasteiger partial charge in [-0.25, -0.2) is 0 Å². The van der Waals surface area contributed by atoms with Crippen LogP contribution in [0, 0.1) is 6.92 Å². The minimum atomic E-state index is -0.389. The van der Waals surface area contributed by atoms with Gasteiger partial charge < -0.3 is 20.1 Å². The van der Waals surface area contributed by atoms with Crippen molar-refractivity contribution in [2.45, 2.75) is 27.0 Å². The molecule has 10 nitrogen and oxygen atoms in total. The fraction of sp³-hybridized carbons (Fsp3) is 0.231. The first kappa shape index (κ1) is 24.5. The molecule has 0 aliphatic rings. The maximum Gasteiger partial charge on any atom is 0.276 e. The minimum Gasteiger partial charge on any atom is -0.493 e. The summed E-state index contributed by atoms with van der Waals surface area (Å²) in [6.45, 7) is 4.44. The van der Waals surface area contributed by atoms with Crippen LogP contribution >= 0.6 is 0 Å². The number of para-hydroxylation sites is 2. The number of rotatable bonds is 9. The summed E-state index contributed by atoms with van der Waals surface area (Å²) in [6, 6.07) is 14.5. The smallest absolute Gasteiger partial charge is 0.276 e. The Balaban J connectivity index is 1.49. The number of amides is 2. The molecule has 0 radical (unpaired) electrons. The molecule has 10 heteroatoms. The van der Waals surface area contributed by atoms with Crippen LogP contribution in [-0.4, -0.2) is 38.5 Å². The lowest BCUT2D eigenvalue weighted by molar-refractivity contribution is 0.101. The maximum atomic E-state index is 13.1. The third-order valence-corrected chi connectivity index (χ3v) is 5.74. The number of aromatic nitrogens is 4. The van der Waals surface area contributed by atoms with Gasteiger partial charge in [0.25, 0.3) is 11.8 Å². The SMILES string of the molecule is CCn1ncc(NC(=O)c2cccc(COc3ccccc3OC)c2)c1C(=O)Nc1cnn(C)c1C. The summed E-state index contributed by atoms with van der Waals surface area (Å²) in [6.07, 6.45) is 3.05. The van der Waals surface area contributed by atoms with Crippen molar-refractivity contribution in [2.75, 3.05) is 17.7 Å². The summed E-state index contributed by atoms with van der Waals surface area (Å²) < 4.78 is 14.4. The van der Waals surface area contributed by atoms with E-state index in [2.05, 4.69) is 20.8 Å². The van der Waals surface area contributed by atoms with Crippen molar-refractivity contribution >= 4 is 23.2 Å². The molecule has 0 fully saturated rings. The van der Waals surface area contributed by atoms with Crippen molar-refractivity contribution in [1.82, 2.24) is 19.6 Å². The Kier molecular flexibility index (Phi) is 7.33. The Morgan fingerprint density at radius 2 is 1.67 bits per heavy atom. The van der Waals surface area contributed by atoms with Gasteiger partial charge >= 0.3 is 0 Å². The zero-order valence-corrected chi connectivity index (χ0v) is 20.6. The van der Waals surface area contributed by atoms with Gasteiger partial charge in [0, 0.05) is 19.2 Å². The lowest BCUT2D eigenvalue weighted by atomic mass is 10.1. The molecule has 0 saturated carbocycles. The molecule has 186 valence electrons. The van der Waals surface area contributed by atoms with E-state index in [0.29, 0.717) is 35.0 Å². The highest BCUT2D eigenvalue weighted by Gasteiger charge is 2.21. The molecule has 2 amide bonds. The second kappa shape index (κ2) is 10.8. The van der Waals surface area contributed by atoms with Crippen LogP contribution in [0.4, 0.5) is 11.4 Å². The fourth-order valence-corrected chi connectivity index (χ4v) is 3.65. The minimum absolute atomic E-state index is 0.254. The molecule has 0 saturated heterocycles. The predicted octanol–water partition coefficient (Wildman–Crippen LogP) is 4.04. The summed E-state index contributed by atoms with van der Waals surface area (Å²) in [4.78, 5) is 26.2. The first-order valence-corrected chi connectivity index (χ1v) is 11.4.